The Balaban J connectivity index is 1.84. The summed E-state index contributed by atoms with van der Waals surface area (Å²) in [6, 6.07) is 0. The Labute approximate surface area is 100.0 Å². The highest BCUT2D eigenvalue weighted by Crippen LogP contribution is 2.39. The van der Waals surface area contributed by atoms with E-state index in [1.165, 1.54) is 0 Å². The molecule has 0 saturated heterocycles. The number of hydrogen-bond donors (Lipinski definition) is 1. The highest BCUT2D eigenvalue weighted by molar-refractivity contribution is 5.81. The van der Waals surface area contributed by atoms with Gasteiger partial charge in [-0.2, -0.15) is 4.98 Å². The fraction of sp³-hybridized carbons (Fsp3) is 0.750. The first-order valence-electron chi connectivity index (χ1n) is 6.32. The molecule has 2 fully saturated rings. The summed E-state index contributed by atoms with van der Waals surface area (Å²) in [6.45, 7) is 1.78. The van der Waals surface area contributed by atoms with Crippen molar-refractivity contribution < 1.29 is 9.32 Å². The minimum Gasteiger partial charge on any atom is -0.343 e. The van der Waals surface area contributed by atoms with Gasteiger partial charge in [-0.3, -0.25) is 4.79 Å². The number of hydrogen-bond acceptors (Lipinski definition) is 4. The van der Waals surface area contributed by atoms with Gasteiger partial charge in [-0.1, -0.05) is 18.0 Å². The number of amides is 1. The summed E-state index contributed by atoms with van der Waals surface area (Å²) in [5, 5.41) is 7.16. The number of nitrogens with zero attached hydrogens (tertiary/aromatic N) is 2. The maximum atomic E-state index is 11.9. The molecule has 5 heteroatoms. The third-order valence-corrected chi connectivity index (χ3v) is 3.72. The summed E-state index contributed by atoms with van der Waals surface area (Å²) in [7, 11) is 0. The van der Waals surface area contributed by atoms with Crippen molar-refractivity contribution in [3.8, 4) is 0 Å². The lowest BCUT2D eigenvalue weighted by atomic mass is 9.96. The van der Waals surface area contributed by atoms with Crippen molar-refractivity contribution in [2.24, 2.45) is 5.92 Å². The highest BCUT2D eigenvalue weighted by atomic mass is 16.5. The van der Waals surface area contributed by atoms with Crippen LogP contribution >= 0.6 is 0 Å². The lowest BCUT2D eigenvalue weighted by Gasteiger charge is -2.26. The van der Waals surface area contributed by atoms with E-state index in [4.69, 9.17) is 4.52 Å². The molecular formula is C12H17N3O2. The average molecular weight is 235 g/mol. The van der Waals surface area contributed by atoms with Gasteiger partial charge in [0.2, 0.25) is 11.8 Å². The fourth-order valence-electron chi connectivity index (χ4n) is 2.56. The molecule has 0 aromatic carbocycles. The van der Waals surface area contributed by atoms with Crippen LogP contribution in [0.2, 0.25) is 0 Å². The maximum absolute atomic E-state index is 11.9. The quantitative estimate of drug-likeness (QED) is 0.865. The van der Waals surface area contributed by atoms with Gasteiger partial charge in [0, 0.05) is 12.8 Å². The van der Waals surface area contributed by atoms with Crippen molar-refractivity contribution in [1.82, 2.24) is 15.5 Å². The number of aromatic nitrogens is 2. The molecule has 2 saturated carbocycles. The molecule has 2 aliphatic carbocycles. The second-order valence-corrected chi connectivity index (χ2v) is 5.19. The molecule has 0 bridgehead atoms. The number of aryl methyl sites for hydroxylation is 1. The Morgan fingerprint density at radius 2 is 2.12 bits per heavy atom. The lowest BCUT2D eigenvalue weighted by molar-refractivity contribution is -0.124. The minimum atomic E-state index is -0.364. The first-order valence-corrected chi connectivity index (χ1v) is 6.32. The molecule has 0 radical (unpaired) electrons. The van der Waals surface area contributed by atoms with Crippen LogP contribution in [0.1, 0.15) is 50.2 Å². The van der Waals surface area contributed by atoms with Gasteiger partial charge in [0.1, 0.15) is 5.54 Å². The number of nitrogens with one attached hydrogen (secondary N) is 1. The van der Waals surface area contributed by atoms with Crippen molar-refractivity contribution in [2.45, 2.75) is 51.0 Å². The normalized spacial score (nSPS) is 22.6. The van der Waals surface area contributed by atoms with Crippen molar-refractivity contribution in [2.75, 3.05) is 0 Å². The maximum Gasteiger partial charge on any atom is 0.223 e. The monoisotopic (exact) mass is 235 g/mol. The molecule has 1 aromatic heterocycles. The molecule has 1 amide bonds. The molecule has 1 aromatic rings. The van der Waals surface area contributed by atoms with Gasteiger partial charge >= 0.3 is 0 Å². The van der Waals surface area contributed by atoms with Crippen molar-refractivity contribution in [3.63, 3.8) is 0 Å². The summed E-state index contributed by atoms with van der Waals surface area (Å²) in [6.07, 6.45) is 6.10. The third-order valence-electron chi connectivity index (χ3n) is 3.72. The van der Waals surface area contributed by atoms with Gasteiger partial charge in [-0.15, -0.1) is 0 Å². The molecule has 17 heavy (non-hydrogen) atoms. The Kier molecular flexibility index (Phi) is 2.42. The van der Waals surface area contributed by atoms with Gasteiger partial charge in [0.25, 0.3) is 0 Å². The lowest BCUT2D eigenvalue weighted by Crippen LogP contribution is -2.45. The van der Waals surface area contributed by atoms with Crippen LogP contribution in [0.15, 0.2) is 4.52 Å². The molecule has 1 N–H and O–H groups in total. The van der Waals surface area contributed by atoms with E-state index in [1.807, 2.05) is 0 Å². The van der Waals surface area contributed by atoms with Crippen LogP contribution < -0.4 is 5.32 Å². The molecule has 3 rings (SSSR count). The van der Waals surface area contributed by atoms with E-state index in [2.05, 4.69) is 15.5 Å². The third kappa shape index (κ3) is 1.94. The predicted octanol–water partition coefficient (Wildman–Crippen LogP) is 1.67. The molecule has 1 heterocycles. The van der Waals surface area contributed by atoms with Crippen molar-refractivity contribution >= 4 is 5.91 Å². The fourth-order valence-corrected chi connectivity index (χ4v) is 2.56. The standard InChI is InChI=1S/C12H17N3O2/c1-8-13-11(15-17-8)12(6-2-3-7-12)14-10(16)9-4-5-9/h9H,2-7H2,1H3,(H,14,16). The minimum absolute atomic E-state index is 0.161. The van der Waals surface area contributed by atoms with E-state index in [0.29, 0.717) is 11.7 Å². The van der Waals surface area contributed by atoms with Crippen LogP contribution in [0.3, 0.4) is 0 Å². The van der Waals surface area contributed by atoms with E-state index >= 15 is 0 Å². The Hall–Kier alpha value is -1.39. The number of carbonyl (C=O) groups is 1. The van der Waals surface area contributed by atoms with Crippen molar-refractivity contribution in [1.29, 1.82) is 0 Å². The second-order valence-electron chi connectivity index (χ2n) is 5.19. The zero-order valence-corrected chi connectivity index (χ0v) is 10.0. The molecule has 0 spiro atoms. The van der Waals surface area contributed by atoms with Crippen LogP contribution in [0.5, 0.6) is 0 Å². The van der Waals surface area contributed by atoms with Crippen LogP contribution in [-0.2, 0) is 10.3 Å². The molecular weight excluding hydrogens is 218 g/mol. The van der Waals surface area contributed by atoms with Gasteiger partial charge in [0.05, 0.1) is 0 Å². The second kappa shape index (κ2) is 3.82. The van der Waals surface area contributed by atoms with Gasteiger partial charge in [-0.25, -0.2) is 0 Å². The van der Waals surface area contributed by atoms with E-state index in [1.54, 1.807) is 6.92 Å². The summed E-state index contributed by atoms with van der Waals surface area (Å²) < 4.78 is 5.05. The van der Waals surface area contributed by atoms with Gasteiger partial charge in [-0.05, 0) is 25.7 Å². The van der Waals surface area contributed by atoms with Gasteiger partial charge in [0.15, 0.2) is 5.82 Å². The largest absolute Gasteiger partial charge is 0.343 e. The SMILES string of the molecule is Cc1nc(C2(NC(=O)C3CC3)CCCC2)no1. The van der Waals surface area contributed by atoms with E-state index in [-0.39, 0.29) is 17.4 Å². The Morgan fingerprint density at radius 3 is 2.65 bits per heavy atom. The molecule has 0 atom stereocenters. The first kappa shape index (κ1) is 10.7. The smallest absolute Gasteiger partial charge is 0.223 e. The summed E-state index contributed by atoms with van der Waals surface area (Å²) >= 11 is 0. The first-order chi connectivity index (χ1) is 8.20. The number of carbonyl (C=O) groups excluding carboxylic acids is 1. The molecule has 2 aliphatic rings. The molecule has 92 valence electrons. The van der Waals surface area contributed by atoms with Crippen molar-refractivity contribution in [3.05, 3.63) is 11.7 Å². The van der Waals surface area contributed by atoms with Gasteiger partial charge < -0.3 is 9.84 Å². The number of rotatable bonds is 3. The molecule has 5 nitrogen and oxygen atoms in total. The Morgan fingerprint density at radius 1 is 1.41 bits per heavy atom. The van der Waals surface area contributed by atoms with Crippen LogP contribution in [-0.4, -0.2) is 16.0 Å². The van der Waals surface area contributed by atoms with E-state index in [9.17, 15) is 4.79 Å². The van der Waals surface area contributed by atoms with E-state index < -0.39 is 0 Å². The van der Waals surface area contributed by atoms with Crippen LogP contribution in [0, 0.1) is 12.8 Å². The van der Waals surface area contributed by atoms with Crippen LogP contribution in [0.4, 0.5) is 0 Å². The summed E-state index contributed by atoms with van der Waals surface area (Å²) in [5.41, 5.74) is -0.364. The highest BCUT2D eigenvalue weighted by Gasteiger charge is 2.43. The summed E-state index contributed by atoms with van der Waals surface area (Å²) in [4.78, 5) is 16.3. The zero-order chi connectivity index (χ0) is 11.9. The zero-order valence-electron chi connectivity index (χ0n) is 10.0. The van der Waals surface area contributed by atoms with Crippen LogP contribution in [0.25, 0.3) is 0 Å². The topological polar surface area (TPSA) is 68.0 Å². The Bertz CT molecular complexity index is 431. The van der Waals surface area contributed by atoms with E-state index in [0.717, 1.165) is 38.5 Å². The average Bonchev–Trinajstić information content (AvgIpc) is 2.91. The predicted molar refractivity (Wildman–Crippen MR) is 60.0 cm³/mol. The molecule has 0 aliphatic heterocycles. The summed E-state index contributed by atoms with van der Waals surface area (Å²) in [5.74, 6) is 1.60. The molecule has 0 unspecified atom stereocenters.